The number of sulfonamides is 1. The molecule has 0 spiro atoms. The van der Waals surface area contributed by atoms with Gasteiger partial charge in [0.15, 0.2) is 0 Å². The summed E-state index contributed by atoms with van der Waals surface area (Å²) < 4.78 is 29.5. The number of rotatable bonds is 6. The smallest absolute Gasteiger partial charge is 0.255 e. The van der Waals surface area contributed by atoms with E-state index in [1.165, 1.54) is 18.2 Å². The normalized spacial score (nSPS) is 15.6. The molecule has 1 N–H and O–H groups in total. The molecule has 32 heavy (non-hydrogen) atoms. The van der Waals surface area contributed by atoms with Crippen LogP contribution in [0.2, 0.25) is 5.02 Å². The number of aromatic nitrogens is 2. The minimum atomic E-state index is -3.71. The topological polar surface area (TPSA) is 87.0 Å². The molecule has 0 radical (unpaired) electrons. The van der Waals surface area contributed by atoms with Crippen molar-refractivity contribution in [2.75, 3.05) is 26.2 Å². The van der Waals surface area contributed by atoms with E-state index in [0.29, 0.717) is 32.7 Å². The predicted octanol–water partition coefficient (Wildman–Crippen LogP) is 2.63. The van der Waals surface area contributed by atoms with E-state index in [-0.39, 0.29) is 27.4 Å². The Balaban J connectivity index is 1.42. The first-order chi connectivity index (χ1) is 15.2. The molecule has 3 aromatic rings. The number of benzene rings is 1. The average Bonchev–Trinajstić information content (AvgIpc) is 3.15. The van der Waals surface area contributed by atoms with Crippen LogP contribution < -0.4 is 4.72 Å². The van der Waals surface area contributed by atoms with E-state index in [2.05, 4.69) is 14.6 Å². The van der Waals surface area contributed by atoms with Gasteiger partial charge < -0.3 is 9.30 Å². The standard InChI is InChI=1S/C22H26ClN5O3S/c1-16(2)25-32(30,31)18-6-7-20(23)19(13-18)22(29)27-11-9-26(10-12-27)14-17-15-28-8-4-3-5-21(28)24-17/h3-8,13,15-16,25H,9-12,14H2,1-2H3. The Labute approximate surface area is 192 Å². The Morgan fingerprint density at radius 1 is 1.16 bits per heavy atom. The number of fused-ring (bicyclic) bond motifs is 1. The zero-order valence-electron chi connectivity index (χ0n) is 18.0. The predicted molar refractivity (Wildman–Crippen MR) is 123 cm³/mol. The van der Waals surface area contributed by atoms with Crippen molar-refractivity contribution in [2.24, 2.45) is 0 Å². The van der Waals surface area contributed by atoms with Gasteiger partial charge >= 0.3 is 0 Å². The molecule has 4 rings (SSSR count). The number of nitrogens with one attached hydrogen (secondary N) is 1. The minimum absolute atomic E-state index is 0.0319. The van der Waals surface area contributed by atoms with Crippen molar-refractivity contribution in [2.45, 2.75) is 31.3 Å². The first-order valence-electron chi connectivity index (χ1n) is 10.5. The molecule has 0 bridgehead atoms. The van der Waals surface area contributed by atoms with Crippen molar-refractivity contribution in [1.82, 2.24) is 23.9 Å². The van der Waals surface area contributed by atoms with Gasteiger partial charge in [0, 0.05) is 51.2 Å². The van der Waals surface area contributed by atoms with Crippen LogP contribution in [0, 0.1) is 0 Å². The van der Waals surface area contributed by atoms with Crippen molar-refractivity contribution in [3.63, 3.8) is 0 Å². The summed E-state index contributed by atoms with van der Waals surface area (Å²) in [5.74, 6) is -0.260. The molecule has 0 saturated carbocycles. The van der Waals surface area contributed by atoms with Gasteiger partial charge in [0.1, 0.15) is 5.65 Å². The average molecular weight is 476 g/mol. The zero-order valence-corrected chi connectivity index (χ0v) is 19.6. The molecule has 2 aromatic heterocycles. The largest absolute Gasteiger partial charge is 0.336 e. The van der Waals surface area contributed by atoms with Gasteiger partial charge in [-0.15, -0.1) is 0 Å². The summed E-state index contributed by atoms with van der Waals surface area (Å²) >= 11 is 6.26. The fourth-order valence-electron chi connectivity index (χ4n) is 3.79. The van der Waals surface area contributed by atoms with Crippen LogP contribution in [-0.4, -0.2) is 65.7 Å². The van der Waals surface area contributed by atoms with Gasteiger partial charge in [0.05, 0.1) is 21.2 Å². The second-order valence-corrected chi connectivity index (χ2v) is 10.3. The minimum Gasteiger partial charge on any atom is -0.336 e. The van der Waals surface area contributed by atoms with Crippen molar-refractivity contribution in [3.8, 4) is 0 Å². The summed E-state index contributed by atoms with van der Waals surface area (Å²) in [6.45, 7) is 6.65. The second-order valence-electron chi connectivity index (χ2n) is 8.18. The number of amides is 1. The van der Waals surface area contributed by atoms with Crippen LogP contribution in [0.1, 0.15) is 29.9 Å². The number of hydrogen-bond donors (Lipinski definition) is 1. The molecular weight excluding hydrogens is 450 g/mol. The third kappa shape index (κ3) is 4.96. The number of hydrogen-bond acceptors (Lipinski definition) is 5. The van der Waals surface area contributed by atoms with Crippen molar-refractivity contribution in [1.29, 1.82) is 0 Å². The maximum Gasteiger partial charge on any atom is 0.255 e. The Morgan fingerprint density at radius 2 is 1.91 bits per heavy atom. The zero-order chi connectivity index (χ0) is 22.9. The maximum absolute atomic E-state index is 13.1. The molecule has 0 atom stereocenters. The molecule has 1 aromatic carbocycles. The van der Waals surface area contributed by atoms with Gasteiger partial charge in [0.25, 0.3) is 5.91 Å². The Hall–Kier alpha value is -2.46. The molecule has 0 aliphatic carbocycles. The number of halogens is 1. The third-order valence-corrected chi connectivity index (χ3v) is 7.31. The summed E-state index contributed by atoms with van der Waals surface area (Å²) in [6.07, 6.45) is 3.99. The Bertz CT molecular complexity index is 1200. The molecule has 0 unspecified atom stereocenters. The third-order valence-electron chi connectivity index (χ3n) is 5.33. The van der Waals surface area contributed by atoms with Gasteiger partial charge in [-0.3, -0.25) is 9.69 Å². The Kier molecular flexibility index (Phi) is 6.52. The van der Waals surface area contributed by atoms with Crippen LogP contribution in [0.15, 0.2) is 53.7 Å². The molecule has 170 valence electrons. The lowest BCUT2D eigenvalue weighted by atomic mass is 10.1. The van der Waals surface area contributed by atoms with E-state index < -0.39 is 10.0 Å². The number of carbonyl (C=O) groups excluding carboxylic acids is 1. The molecule has 10 heteroatoms. The lowest BCUT2D eigenvalue weighted by Gasteiger charge is -2.34. The molecule has 1 amide bonds. The molecular formula is C22H26ClN5O3S. The first kappa shape index (κ1) is 22.7. The van der Waals surface area contributed by atoms with E-state index in [0.717, 1.165) is 11.3 Å². The van der Waals surface area contributed by atoms with E-state index in [4.69, 9.17) is 11.6 Å². The molecule has 1 fully saturated rings. The highest BCUT2D eigenvalue weighted by Crippen LogP contribution is 2.23. The summed E-state index contributed by atoms with van der Waals surface area (Å²) in [6, 6.07) is 9.87. The number of imidazole rings is 1. The summed E-state index contributed by atoms with van der Waals surface area (Å²) in [4.78, 5) is 21.7. The van der Waals surface area contributed by atoms with Crippen LogP contribution in [0.25, 0.3) is 5.65 Å². The van der Waals surface area contributed by atoms with Crippen LogP contribution in [0.5, 0.6) is 0 Å². The van der Waals surface area contributed by atoms with Crippen molar-refractivity contribution >= 4 is 33.2 Å². The van der Waals surface area contributed by atoms with Crippen molar-refractivity contribution < 1.29 is 13.2 Å². The van der Waals surface area contributed by atoms with Gasteiger partial charge in [0.2, 0.25) is 10.0 Å². The lowest BCUT2D eigenvalue weighted by molar-refractivity contribution is 0.0627. The fraction of sp³-hybridized carbons (Fsp3) is 0.364. The highest BCUT2D eigenvalue weighted by Gasteiger charge is 2.26. The number of piperazine rings is 1. The SMILES string of the molecule is CC(C)NS(=O)(=O)c1ccc(Cl)c(C(=O)N2CCN(Cc3cn4ccccc4n3)CC2)c1. The number of carbonyl (C=O) groups is 1. The molecule has 1 aliphatic rings. The summed E-state index contributed by atoms with van der Waals surface area (Å²) in [5.41, 5.74) is 2.09. The maximum atomic E-state index is 13.1. The fourth-order valence-corrected chi connectivity index (χ4v) is 5.26. The second kappa shape index (κ2) is 9.19. The summed E-state index contributed by atoms with van der Waals surface area (Å²) in [5, 5.41) is 0.241. The summed E-state index contributed by atoms with van der Waals surface area (Å²) in [7, 11) is -3.71. The van der Waals surface area contributed by atoms with E-state index in [1.807, 2.05) is 35.0 Å². The molecule has 8 nitrogen and oxygen atoms in total. The van der Waals surface area contributed by atoms with Crippen LogP contribution >= 0.6 is 11.6 Å². The highest BCUT2D eigenvalue weighted by molar-refractivity contribution is 7.89. The van der Waals surface area contributed by atoms with Crippen molar-refractivity contribution in [3.05, 3.63) is 65.1 Å². The van der Waals surface area contributed by atoms with Crippen LogP contribution in [-0.2, 0) is 16.6 Å². The van der Waals surface area contributed by atoms with Gasteiger partial charge in [-0.2, -0.15) is 0 Å². The number of nitrogens with zero attached hydrogens (tertiary/aromatic N) is 4. The van der Waals surface area contributed by atoms with Gasteiger partial charge in [-0.1, -0.05) is 17.7 Å². The van der Waals surface area contributed by atoms with Gasteiger partial charge in [-0.05, 0) is 44.2 Å². The van der Waals surface area contributed by atoms with E-state index >= 15 is 0 Å². The van der Waals surface area contributed by atoms with E-state index in [9.17, 15) is 13.2 Å². The monoisotopic (exact) mass is 475 g/mol. The lowest BCUT2D eigenvalue weighted by Crippen LogP contribution is -2.48. The van der Waals surface area contributed by atoms with E-state index in [1.54, 1.807) is 18.7 Å². The Morgan fingerprint density at radius 3 is 2.59 bits per heavy atom. The number of pyridine rings is 1. The quantitative estimate of drug-likeness (QED) is 0.592. The van der Waals surface area contributed by atoms with Crippen LogP contribution in [0.3, 0.4) is 0 Å². The highest BCUT2D eigenvalue weighted by atomic mass is 35.5. The van der Waals surface area contributed by atoms with Crippen LogP contribution in [0.4, 0.5) is 0 Å². The molecule has 1 saturated heterocycles. The molecule has 3 heterocycles. The molecule has 1 aliphatic heterocycles. The van der Waals surface area contributed by atoms with Gasteiger partial charge in [-0.25, -0.2) is 18.1 Å². The first-order valence-corrected chi connectivity index (χ1v) is 12.4.